The molecule has 1 nitrogen and oxygen atoms in total. The second-order valence-corrected chi connectivity index (χ2v) is 9.32. The predicted octanol–water partition coefficient (Wildman–Crippen LogP) is 3.02. The van der Waals surface area contributed by atoms with Crippen LogP contribution in [0.3, 0.4) is 0 Å². The highest BCUT2D eigenvalue weighted by Crippen LogP contribution is 2.17. The van der Waals surface area contributed by atoms with Crippen molar-refractivity contribution in [1.29, 1.82) is 0 Å². The van der Waals surface area contributed by atoms with Crippen LogP contribution in [-0.4, -0.2) is 19.8 Å². The van der Waals surface area contributed by atoms with Gasteiger partial charge in [-0.25, -0.2) is 0 Å². The first-order valence-corrected chi connectivity index (χ1v) is 9.14. The average molecular weight is 246 g/mol. The zero-order valence-electron chi connectivity index (χ0n) is 11.2. The Hall–Kier alpha value is -1.08. The standard InChI is InChI=1S/C15H22OSi/c1-5-14(11-13(2)12-16)17(3,4)15-9-7-6-8-10-15/h6-10,16H,5,12H2,1-4H3. The normalized spacial score (nSPS) is 10.9. The van der Waals surface area contributed by atoms with Gasteiger partial charge in [0.1, 0.15) is 8.07 Å². The van der Waals surface area contributed by atoms with Gasteiger partial charge in [-0.1, -0.05) is 55.5 Å². The average Bonchev–Trinajstić information content (AvgIpc) is 2.36. The first-order chi connectivity index (χ1) is 8.02. The first-order valence-electron chi connectivity index (χ1n) is 6.14. The van der Waals surface area contributed by atoms with Crippen molar-refractivity contribution in [3.63, 3.8) is 0 Å². The molecule has 1 aromatic carbocycles. The molecule has 1 N–H and O–H groups in total. The van der Waals surface area contributed by atoms with E-state index in [2.05, 4.69) is 56.1 Å². The van der Waals surface area contributed by atoms with Crippen molar-refractivity contribution in [3.8, 4) is 0 Å². The Morgan fingerprint density at radius 1 is 1.24 bits per heavy atom. The van der Waals surface area contributed by atoms with Crippen molar-refractivity contribution < 1.29 is 5.11 Å². The Balaban J connectivity index is 3.25. The van der Waals surface area contributed by atoms with Gasteiger partial charge in [-0.3, -0.25) is 0 Å². The third-order valence-corrected chi connectivity index (χ3v) is 6.97. The van der Waals surface area contributed by atoms with Crippen LogP contribution in [0.15, 0.2) is 46.8 Å². The monoisotopic (exact) mass is 246 g/mol. The molecule has 0 bridgehead atoms. The number of hydrogen-bond donors (Lipinski definition) is 1. The molecule has 0 amide bonds. The minimum atomic E-state index is -1.61. The molecule has 0 heterocycles. The van der Waals surface area contributed by atoms with E-state index in [1.54, 1.807) is 0 Å². The fraction of sp³-hybridized carbons (Fsp3) is 0.400. The van der Waals surface area contributed by atoms with Crippen LogP contribution in [0.1, 0.15) is 20.3 Å². The summed E-state index contributed by atoms with van der Waals surface area (Å²) < 4.78 is 0. The fourth-order valence-corrected chi connectivity index (χ4v) is 4.80. The molecule has 0 fully saturated rings. The topological polar surface area (TPSA) is 20.2 Å². The van der Waals surface area contributed by atoms with E-state index in [9.17, 15) is 0 Å². The molecule has 0 spiro atoms. The van der Waals surface area contributed by atoms with E-state index in [-0.39, 0.29) is 6.61 Å². The molecule has 17 heavy (non-hydrogen) atoms. The quantitative estimate of drug-likeness (QED) is 0.639. The van der Waals surface area contributed by atoms with Gasteiger partial charge in [0.25, 0.3) is 0 Å². The van der Waals surface area contributed by atoms with Gasteiger partial charge in [0.05, 0.1) is 6.61 Å². The molecule has 1 rings (SSSR count). The van der Waals surface area contributed by atoms with E-state index in [0.29, 0.717) is 0 Å². The van der Waals surface area contributed by atoms with Gasteiger partial charge in [-0.2, -0.15) is 0 Å². The predicted molar refractivity (Wildman–Crippen MR) is 77.1 cm³/mol. The lowest BCUT2D eigenvalue weighted by atomic mass is 10.3. The molecule has 0 radical (unpaired) electrons. The number of aliphatic hydroxyl groups excluding tert-OH is 1. The summed E-state index contributed by atoms with van der Waals surface area (Å²) in [5.74, 6) is 0. The number of aliphatic hydroxyl groups is 1. The van der Waals surface area contributed by atoms with E-state index < -0.39 is 8.07 Å². The zero-order chi connectivity index (χ0) is 12.9. The maximum absolute atomic E-state index is 9.12. The van der Waals surface area contributed by atoms with E-state index in [4.69, 9.17) is 5.11 Å². The van der Waals surface area contributed by atoms with Crippen molar-refractivity contribution in [1.82, 2.24) is 0 Å². The second kappa shape index (κ2) is 6.01. The molecule has 2 heteroatoms. The van der Waals surface area contributed by atoms with Crippen LogP contribution < -0.4 is 5.19 Å². The Labute approximate surface area is 106 Å². The highest BCUT2D eigenvalue weighted by Gasteiger charge is 2.26. The van der Waals surface area contributed by atoms with Crippen molar-refractivity contribution in [2.45, 2.75) is 33.4 Å². The van der Waals surface area contributed by atoms with Gasteiger partial charge in [-0.15, -0.1) is 5.73 Å². The Bertz CT molecular complexity index is 425. The molecule has 0 saturated carbocycles. The summed E-state index contributed by atoms with van der Waals surface area (Å²) in [5.41, 5.74) is 4.33. The van der Waals surface area contributed by atoms with Crippen molar-refractivity contribution in [2.75, 3.05) is 6.61 Å². The second-order valence-electron chi connectivity index (χ2n) is 4.89. The van der Waals surface area contributed by atoms with Crippen molar-refractivity contribution in [2.24, 2.45) is 0 Å². The number of rotatable bonds is 4. The first kappa shape index (κ1) is 14.0. The molecule has 0 unspecified atom stereocenters. The maximum Gasteiger partial charge on any atom is 0.116 e. The highest BCUT2D eigenvalue weighted by atomic mass is 28.3. The molecule has 0 aliphatic heterocycles. The van der Waals surface area contributed by atoms with E-state index in [1.807, 2.05) is 6.92 Å². The Morgan fingerprint density at radius 3 is 2.29 bits per heavy atom. The van der Waals surface area contributed by atoms with Crippen molar-refractivity contribution in [3.05, 3.63) is 46.8 Å². The van der Waals surface area contributed by atoms with Gasteiger partial charge in [0.2, 0.25) is 0 Å². The summed E-state index contributed by atoms with van der Waals surface area (Å²) in [6, 6.07) is 10.7. The van der Waals surface area contributed by atoms with Crippen LogP contribution in [-0.2, 0) is 0 Å². The molecule has 1 aromatic rings. The molecular formula is C15H22OSi. The van der Waals surface area contributed by atoms with Crippen LogP contribution in [0.25, 0.3) is 0 Å². The fourth-order valence-electron chi connectivity index (χ4n) is 2.01. The summed E-state index contributed by atoms with van der Waals surface area (Å²) in [4.78, 5) is 0. The largest absolute Gasteiger partial charge is 0.391 e. The lowest BCUT2D eigenvalue weighted by molar-refractivity contribution is 0.331. The lowest BCUT2D eigenvalue weighted by Crippen LogP contribution is -2.43. The van der Waals surface area contributed by atoms with Crippen LogP contribution in [0.5, 0.6) is 0 Å². The van der Waals surface area contributed by atoms with Crippen molar-refractivity contribution >= 4 is 13.3 Å². The summed E-state index contributed by atoms with van der Waals surface area (Å²) in [7, 11) is -1.61. The van der Waals surface area contributed by atoms with Gasteiger partial charge in [0, 0.05) is 0 Å². The third-order valence-electron chi connectivity index (χ3n) is 3.20. The summed E-state index contributed by atoms with van der Waals surface area (Å²) in [5, 5.41) is 11.9. The van der Waals surface area contributed by atoms with Crippen LogP contribution in [0, 0.1) is 0 Å². The van der Waals surface area contributed by atoms with Crippen LogP contribution >= 0.6 is 0 Å². The third kappa shape index (κ3) is 3.44. The zero-order valence-corrected chi connectivity index (χ0v) is 12.2. The smallest absolute Gasteiger partial charge is 0.116 e. The van der Waals surface area contributed by atoms with Gasteiger partial charge >= 0.3 is 0 Å². The van der Waals surface area contributed by atoms with Crippen LogP contribution in [0.4, 0.5) is 0 Å². The maximum atomic E-state index is 9.12. The highest BCUT2D eigenvalue weighted by molar-refractivity contribution is 6.95. The lowest BCUT2D eigenvalue weighted by Gasteiger charge is -2.24. The molecule has 0 aliphatic rings. The van der Waals surface area contributed by atoms with E-state index in [1.165, 1.54) is 10.4 Å². The summed E-state index contributed by atoms with van der Waals surface area (Å²) >= 11 is 0. The summed E-state index contributed by atoms with van der Waals surface area (Å²) in [6.07, 6.45) is 1.01. The molecule has 0 saturated heterocycles. The molecule has 0 aliphatic carbocycles. The van der Waals surface area contributed by atoms with E-state index in [0.717, 1.165) is 12.0 Å². The van der Waals surface area contributed by atoms with E-state index >= 15 is 0 Å². The number of benzene rings is 1. The molecule has 92 valence electrons. The minimum Gasteiger partial charge on any atom is -0.391 e. The molecule has 0 aromatic heterocycles. The van der Waals surface area contributed by atoms with Crippen LogP contribution in [0.2, 0.25) is 13.1 Å². The molecular weight excluding hydrogens is 224 g/mol. The SMILES string of the molecule is CCC(=C=C(C)CO)[Si](C)(C)c1ccccc1. The Morgan fingerprint density at radius 2 is 1.82 bits per heavy atom. The summed E-state index contributed by atoms with van der Waals surface area (Å²) in [6.45, 7) is 8.90. The van der Waals surface area contributed by atoms with Gasteiger partial charge in [0.15, 0.2) is 0 Å². The molecule has 0 atom stereocenters. The number of hydrogen-bond acceptors (Lipinski definition) is 1. The van der Waals surface area contributed by atoms with Gasteiger partial charge < -0.3 is 5.11 Å². The van der Waals surface area contributed by atoms with Gasteiger partial charge in [-0.05, 0) is 24.1 Å². The minimum absolute atomic E-state index is 0.1000. The Kier molecular flexibility index (Phi) is 4.95.